The fraction of sp³-hybridized carbons (Fsp3) is 0.400. The van der Waals surface area contributed by atoms with Gasteiger partial charge >= 0.3 is 0 Å². The van der Waals surface area contributed by atoms with Crippen LogP contribution in [0.2, 0.25) is 0 Å². The van der Waals surface area contributed by atoms with E-state index in [0.717, 1.165) is 11.1 Å². The van der Waals surface area contributed by atoms with Crippen LogP contribution in [0, 0.1) is 6.92 Å². The van der Waals surface area contributed by atoms with Gasteiger partial charge in [0.05, 0.1) is 0 Å². The normalized spacial score (nSPS) is 13.8. The van der Waals surface area contributed by atoms with E-state index in [0.29, 0.717) is 6.42 Å². The molecule has 4 nitrogen and oxygen atoms in total. The van der Waals surface area contributed by atoms with E-state index in [2.05, 4.69) is 4.72 Å². The van der Waals surface area contributed by atoms with Crippen molar-refractivity contribution in [1.29, 1.82) is 0 Å². The van der Waals surface area contributed by atoms with Crippen molar-refractivity contribution in [1.82, 2.24) is 4.72 Å². The SMILES string of the molecule is CCC(NS(N)(=O)=O)c1ccc(C)cc1. The summed E-state index contributed by atoms with van der Waals surface area (Å²) < 4.78 is 24.2. The zero-order valence-corrected chi connectivity index (χ0v) is 9.71. The smallest absolute Gasteiger partial charge is 0.216 e. The first-order chi connectivity index (χ1) is 6.92. The van der Waals surface area contributed by atoms with E-state index in [4.69, 9.17) is 5.14 Å². The predicted octanol–water partition coefficient (Wildman–Crippen LogP) is 1.24. The first-order valence-electron chi connectivity index (χ1n) is 4.79. The van der Waals surface area contributed by atoms with E-state index in [1.165, 1.54) is 0 Å². The average Bonchev–Trinajstić information content (AvgIpc) is 2.14. The summed E-state index contributed by atoms with van der Waals surface area (Å²) in [6.45, 7) is 3.89. The fourth-order valence-corrected chi connectivity index (χ4v) is 2.08. The van der Waals surface area contributed by atoms with E-state index in [-0.39, 0.29) is 6.04 Å². The van der Waals surface area contributed by atoms with Crippen molar-refractivity contribution < 1.29 is 8.42 Å². The maximum atomic E-state index is 10.9. The third-order valence-corrected chi connectivity index (χ3v) is 2.81. The van der Waals surface area contributed by atoms with E-state index in [1.54, 1.807) is 0 Å². The van der Waals surface area contributed by atoms with Crippen molar-refractivity contribution >= 4 is 10.2 Å². The quantitative estimate of drug-likeness (QED) is 0.813. The first-order valence-corrected chi connectivity index (χ1v) is 6.33. The number of aryl methyl sites for hydroxylation is 1. The predicted molar refractivity (Wildman–Crippen MR) is 60.5 cm³/mol. The minimum atomic E-state index is -3.64. The van der Waals surface area contributed by atoms with Gasteiger partial charge in [0.2, 0.25) is 0 Å². The molecule has 3 N–H and O–H groups in total. The minimum absolute atomic E-state index is 0.249. The van der Waals surface area contributed by atoms with E-state index in [9.17, 15) is 8.42 Å². The van der Waals surface area contributed by atoms with Crippen molar-refractivity contribution in [3.8, 4) is 0 Å². The summed E-state index contributed by atoms with van der Waals surface area (Å²) in [5.74, 6) is 0. The molecule has 0 radical (unpaired) electrons. The second kappa shape index (κ2) is 4.74. The molecule has 0 aliphatic carbocycles. The molecule has 84 valence electrons. The number of rotatable bonds is 4. The van der Waals surface area contributed by atoms with Gasteiger partial charge in [-0.2, -0.15) is 13.1 Å². The van der Waals surface area contributed by atoms with Gasteiger partial charge in [-0.15, -0.1) is 0 Å². The van der Waals surface area contributed by atoms with Gasteiger partial charge in [-0.1, -0.05) is 36.8 Å². The molecule has 1 rings (SSSR count). The van der Waals surface area contributed by atoms with Crippen molar-refractivity contribution in [3.63, 3.8) is 0 Å². The number of nitrogens with one attached hydrogen (secondary N) is 1. The van der Waals surface area contributed by atoms with Crippen molar-refractivity contribution in [2.24, 2.45) is 5.14 Å². The summed E-state index contributed by atoms with van der Waals surface area (Å²) in [4.78, 5) is 0. The molecule has 5 heteroatoms. The van der Waals surface area contributed by atoms with Gasteiger partial charge in [-0.25, -0.2) is 5.14 Å². The Morgan fingerprint density at radius 2 is 1.87 bits per heavy atom. The Labute approximate surface area is 90.7 Å². The molecule has 0 spiro atoms. The molecule has 15 heavy (non-hydrogen) atoms. The molecule has 0 aliphatic heterocycles. The molecule has 1 unspecified atom stereocenters. The second-order valence-electron chi connectivity index (χ2n) is 3.53. The van der Waals surface area contributed by atoms with Gasteiger partial charge in [0.1, 0.15) is 0 Å². The average molecular weight is 228 g/mol. The highest BCUT2D eigenvalue weighted by Gasteiger charge is 2.13. The number of benzene rings is 1. The van der Waals surface area contributed by atoms with Gasteiger partial charge in [0.15, 0.2) is 0 Å². The Balaban J connectivity index is 2.88. The number of hydrogen-bond donors (Lipinski definition) is 2. The maximum Gasteiger partial charge on any atom is 0.274 e. The molecule has 0 fully saturated rings. The van der Waals surface area contributed by atoms with Gasteiger partial charge in [0, 0.05) is 6.04 Å². The maximum absolute atomic E-state index is 10.9. The molecule has 0 saturated heterocycles. The lowest BCUT2D eigenvalue weighted by Crippen LogP contribution is -2.34. The first kappa shape index (κ1) is 12.2. The molecule has 0 heterocycles. The summed E-state index contributed by atoms with van der Waals surface area (Å²) >= 11 is 0. The van der Waals surface area contributed by atoms with Crippen LogP contribution >= 0.6 is 0 Å². The Bertz CT molecular complexity index is 412. The van der Waals surface area contributed by atoms with Crippen LogP contribution < -0.4 is 9.86 Å². The standard InChI is InChI=1S/C10H16N2O2S/c1-3-10(12-15(11,13)14)9-6-4-8(2)5-7-9/h4-7,10,12H,3H2,1-2H3,(H2,11,13,14). The minimum Gasteiger partial charge on any atom is -0.216 e. The Morgan fingerprint density at radius 3 is 2.27 bits per heavy atom. The lowest BCUT2D eigenvalue weighted by atomic mass is 10.0. The second-order valence-corrected chi connectivity index (χ2v) is 4.86. The molecule has 0 aliphatic rings. The number of nitrogens with two attached hydrogens (primary N) is 1. The lowest BCUT2D eigenvalue weighted by Gasteiger charge is -2.15. The van der Waals surface area contributed by atoms with Crippen molar-refractivity contribution in [2.45, 2.75) is 26.3 Å². The number of hydrogen-bond acceptors (Lipinski definition) is 2. The Kier molecular flexibility index (Phi) is 3.84. The van der Waals surface area contributed by atoms with E-state index in [1.807, 2.05) is 38.1 Å². The van der Waals surface area contributed by atoms with Crippen LogP contribution in [-0.2, 0) is 10.2 Å². The van der Waals surface area contributed by atoms with Crippen LogP contribution in [0.25, 0.3) is 0 Å². The highest BCUT2D eigenvalue weighted by Crippen LogP contribution is 2.17. The third kappa shape index (κ3) is 3.99. The van der Waals surface area contributed by atoms with Crippen LogP contribution in [0.15, 0.2) is 24.3 Å². The van der Waals surface area contributed by atoms with Crippen molar-refractivity contribution in [2.75, 3.05) is 0 Å². The summed E-state index contributed by atoms with van der Waals surface area (Å²) in [6.07, 6.45) is 0.666. The monoisotopic (exact) mass is 228 g/mol. The Hall–Kier alpha value is -0.910. The zero-order valence-electron chi connectivity index (χ0n) is 8.90. The highest BCUT2D eigenvalue weighted by molar-refractivity contribution is 7.87. The van der Waals surface area contributed by atoms with Crippen LogP contribution in [0.4, 0.5) is 0 Å². The molecule has 0 aromatic heterocycles. The largest absolute Gasteiger partial charge is 0.274 e. The molecular formula is C10H16N2O2S. The van der Waals surface area contributed by atoms with Crippen molar-refractivity contribution in [3.05, 3.63) is 35.4 Å². The summed E-state index contributed by atoms with van der Waals surface area (Å²) in [5.41, 5.74) is 2.07. The van der Waals surface area contributed by atoms with E-state index < -0.39 is 10.2 Å². The third-order valence-electron chi connectivity index (χ3n) is 2.19. The topological polar surface area (TPSA) is 72.2 Å². The van der Waals surface area contributed by atoms with Gasteiger partial charge < -0.3 is 0 Å². The molecule has 1 atom stereocenters. The zero-order chi connectivity index (χ0) is 11.5. The van der Waals surface area contributed by atoms with Gasteiger partial charge in [-0.3, -0.25) is 0 Å². The molecular weight excluding hydrogens is 212 g/mol. The lowest BCUT2D eigenvalue weighted by molar-refractivity contribution is 0.551. The van der Waals surface area contributed by atoms with Crippen LogP contribution in [-0.4, -0.2) is 8.42 Å². The summed E-state index contributed by atoms with van der Waals surface area (Å²) in [7, 11) is -3.64. The molecule has 0 amide bonds. The fourth-order valence-electron chi connectivity index (χ4n) is 1.38. The highest BCUT2D eigenvalue weighted by atomic mass is 32.2. The van der Waals surface area contributed by atoms with Crippen LogP contribution in [0.3, 0.4) is 0 Å². The van der Waals surface area contributed by atoms with Crippen LogP contribution in [0.1, 0.15) is 30.5 Å². The van der Waals surface area contributed by atoms with Gasteiger partial charge in [0.25, 0.3) is 10.2 Å². The summed E-state index contributed by atoms with van der Waals surface area (Å²) in [5, 5.41) is 4.94. The summed E-state index contributed by atoms with van der Waals surface area (Å²) in [6, 6.07) is 7.45. The Morgan fingerprint density at radius 1 is 1.33 bits per heavy atom. The molecule has 0 bridgehead atoms. The molecule has 0 saturated carbocycles. The van der Waals surface area contributed by atoms with E-state index >= 15 is 0 Å². The molecule has 1 aromatic carbocycles. The van der Waals surface area contributed by atoms with Gasteiger partial charge in [-0.05, 0) is 18.9 Å². The molecule has 1 aromatic rings. The van der Waals surface area contributed by atoms with Crippen LogP contribution in [0.5, 0.6) is 0 Å².